The van der Waals surface area contributed by atoms with E-state index in [1.165, 1.54) is 24.5 Å². The molecule has 0 saturated carbocycles. The van der Waals surface area contributed by atoms with Crippen molar-refractivity contribution in [3.8, 4) is 0 Å². The van der Waals surface area contributed by atoms with Crippen LogP contribution in [0.4, 0.5) is 27.6 Å². The summed E-state index contributed by atoms with van der Waals surface area (Å²) < 4.78 is 69.4. The number of nitrogens with zero attached hydrogens (tertiary/aromatic N) is 4. The largest absolute Gasteiger partial charge is 0.369 e. The van der Waals surface area contributed by atoms with E-state index in [0.29, 0.717) is 12.6 Å². The van der Waals surface area contributed by atoms with Crippen LogP contribution in [0.2, 0.25) is 0 Å². The number of hydrogen-bond acceptors (Lipinski definition) is 5. The van der Waals surface area contributed by atoms with Crippen molar-refractivity contribution in [1.82, 2.24) is 20.2 Å². The Labute approximate surface area is 210 Å². The molecular formula is C26H24F5N5O. The lowest BCUT2D eigenvalue weighted by Crippen LogP contribution is -2.71. The molecule has 1 N–H and O–H groups in total. The lowest BCUT2D eigenvalue weighted by molar-refractivity contribution is -0.122. The summed E-state index contributed by atoms with van der Waals surface area (Å²) in [7, 11) is 0. The fourth-order valence-corrected chi connectivity index (χ4v) is 5.32. The molecule has 3 aromatic rings. The first kappa shape index (κ1) is 25.1. The number of benzene rings is 1. The molecule has 2 aliphatic rings. The first-order valence-electron chi connectivity index (χ1n) is 11.7. The number of pyridine rings is 2. The SMILES string of the molecule is CC(=O)N[C@@](c1ccc(F)c(F)c1)(c1ccc(CN2CC3(C2)CN(c2ccc(F)nc2)C3)cn1)C(F)F. The molecular weight excluding hydrogens is 493 g/mol. The van der Waals surface area contributed by atoms with E-state index in [9.17, 15) is 26.7 Å². The molecule has 37 heavy (non-hydrogen) atoms. The smallest absolute Gasteiger partial charge is 0.271 e. The minimum absolute atomic E-state index is 0.157. The third-order valence-electron chi connectivity index (χ3n) is 6.96. The summed E-state index contributed by atoms with van der Waals surface area (Å²) in [6.07, 6.45) is -0.212. The number of carbonyl (C=O) groups excluding carboxylic acids is 1. The van der Waals surface area contributed by atoms with Crippen molar-refractivity contribution in [3.05, 3.63) is 89.3 Å². The van der Waals surface area contributed by atoms with E-state index in [0.717, 1.165) is 56.5 Å². The predicted molar refractivity (Wildman–Crippen MR) is 125 cm³/mol. The molecule has 1 spiro atoms. The van der Waals surface area contributed by atoms with Crippen LogP contribution < -0.4 is 10.2 Å². The van der Waals surface area contributed by atoms with Gasteiger partial charge in [-0.25, -0.2) is 22.5 Å². The van der Waals surface area contributed by atoms with E-state index in [1.807, 2.05) is 0 Å². The molecule has 2 aliphatic heterocycles. The van der Waals surface area contributed by atoms with Crippen molar-refractivity contribution in [3.63, 3.8) is 0 Å². The Hall–Kier alpha value is -3.60. The molecule has 0 unspecified atom stereocenters. The molecule has 2 saturated heterocycles. The van der Waals surface area contributed by atoms with Crippen molar-refractivity contribution < 1.29 is 26.7 Å². The van der Waals surface area contributed by atoms with E-state index in [-0.39, 0.29) is 16.7 Å². The molecule has 0 bridgehead atoms. The second-order valence-corrected chi connectivity index (χ2v) is 9.81. The number of nitrogens with one attached hydrogen (secondary N) is 1. The quantitative estimate of drug-likeness (QED) is 0.381. The normalized spacial score (nSPS) is 18.3. The van der Waals surface area contributed by atoms with E-state index >= 15 is 0 Å². The predicted octanol–water partition coefficient (Wildman–Crippen LogP) is 3.86. The van der Waals surface area contributed by atoms with Crippen molar-refractivity contribution in [2.45, 2.75) is 25.4 Å². The van der Waals surface area contributed by atoms with Crippen molar-refractivity contribution in [1.29, 1.82) is 0 Å². The average molecular weight is 518 g/mol. The number of amides is 1. The van der Waals surface area contributed by atoms with E-state index in [2.05, 4.69) is 25.1 Å². The number of halogens is 5. The minimum atomic E-state index is -3.19. The summed E-state index contributed by atoms with van der Waals surface area (Å²) in [5.41, 5.74) is -1.11. The molecule has 0 aliphatic carbocycles. The maximum absolute atomic E-state index is 14.5. The van der Waals surface area contributed by atoms with E-state index in [4.69, 9.17) is 0 Å². The van der Waals surface area contributed by atoms with Crippen LogP contribution in [0, 0.1) is 23.0 Å². The van der Waals surface area contributed by atoms with Gasteiger partial charge in [0.15, 0.2) is 17.2 Å². The van der Waals surface area contributed by atoms with Gasteiger partial charge in [-0.3, -0.25) is 14.7 Å². The maximum atomic E-state index is 14.5. The number of carbonyl (C=O) groups is 1. The van der Waals surface area contributed by atoms with Gasteiger partial charge in [0.25, 0.3) is 6.43 Å². The fraction of sp³-hybridized carbons (Fsp3) is 0.346. The molecule has 4 heterocycles. The van der Waals surface area contributed by atoms with E-state index in [1.54, 1.807) is 12.1 Å². The minimum Gasteiger partial charge on any atom is -0.369 e. The van der Waals surface area contributed by atoms with Gasteiger partial charge in [-0.2, -0.15) is 4.39 Å². The zero-order chi connectivity index (χ0) is 26.4. The number of anilines is 1. The first-order chi connectivity index (χ1) is 17.6. The van der Waals surface area contributed by atoms with Crippen LogP contribution in [0.1, 0.15) is 23.7 Å². The maximum Gasteiger partial charge on any atom is 0.271 e. The Bertz CT molecular complexity index is 1290. The number of rotatable bonds is 7. The van der Waals surface area contributed by atoms with Crippen molar-refractivity contribution >= 4 is 11.6 Å². The highest BCUT2D eigenvalue weighted by Crippen LogP contribution is 2.42. The molecule has 11 heteroatoms. The molecule has 5 rings (SSSR count). The Morgan fingerprint density at radius 2 is 1.76 bits per heavy atom. The monoisotopic (exact) mass is 517 g/mol. The average Bonchev–Trinajstić information content (AvgIpc) is 2.81. The highest BCUT2D eigenvalue weighted by atomic mass is 19.3. The molecule has 2 fully saturated rings. The first-order valence-corrected chi connectivity index (χ1v) is 11.7. The van der Waals surface area contributed by atoms with Crippen LogP contribution in [-0.4, -0.2) is 53.4 Å². The van der Waals surface area contributed by atoms with Crippen LogP contribution in [0.3, 0.4) is 0 Å². The number of hydrogen-bond donors (Lipinski definition) is 1. The highest BCUT2D eigenvalue weighted by Gasteiger charge is 2.51. The van der Waals surface area contributed by atoms with Gasteiger partial charge in [-0.1, -0.05) is 12.1 Å². The van der Waals surface area contributed by atoms with E-state index < -0.39 is 35.5 Å². The van der Waals surface area contributed by atoms with Crippen LogP contribution >= 0.6 is 0 Å². The molecule has 1 aromatic carbocycles. The molecule has 0 radical (unpaired) electrons. The van der Waals surface area contributed by atoms with Gasteiger partial charge < -0.3 is 10.2 Å². The zero-order valence-electron chi connectivity index (χ0n) is 19.9. The van der Waals surface area contributed by atoms with Crippen LogP contribution in [-0.2, 0) is 16.9 Å². The Kier molecular flexibility index (Phi) is 6.35. The number of alkyl halides is 2. The van der Waals surface area contributed by atoms with Gasteiger partial charge in [-0.15, -0.1) is 0 Å². The second kappa shape index (κ2) is 9.37. The van der Waals surface area contributed by atoms with Gasteiger partial charge in [0.05, 0.1) is 17.6 Å². The van der Waals surface area contributed by atoms with Crippen molar-refractivity contribution in [2.24, 2.45) is 5.41 Å². The fourth-order valence-electron chi connectivity index (χ4n) is 5.32. The Morgan fingerprint density at radius 1 is 1.00 bits per heavy atom. The van der Waals surface area contributed by atoms with Gasteiger partial charge >= 0.3 is 0 Å². The van der Waals surface area contributed by atoms with Gasteiger partial charge in [0.1, 0.15) is 0 Å². The number of aromatic nitrogens is 2. The highest BCUT2D eigenvalue weighted by molar-refractivity contribution is 5.75. The molecule has 2 aromatic heterocycles. The topological polar surface area (TPSA) is 61.4 Å². The second-order valence-electron chi connectivity index (χ2n) is 9.81. The standard InChI is InChI=1S/C26H24F5N5O/c1-16(37)34-26(24(30)31,18-3-5-20(27)21(28)8-18)22-6-2-17(9-32-22)11-35-12-25(13-35)14-36(15-25)19-4-7-23(29)33-10-19/h2-10,24H,11-15H2,1H3,(H,34,37)/t26-/m0/s1. The van der Waals surface area contributed by atoms with Gasteiger partial charge in [0.2, 0.25) is 11.9 Å². The molecule has 1 amide bonds. The Balaban J connectivity index is 1.27. The van der Waals surface area contributed by atoms with Gasteiger partial charge in [0, 0.05) is 51.3 Å². The summed E-state index contributed by atoms with van der Waals surface area (Å²) in [6.45, 7) is 5.01. The molecule has 6 nitrogen and oxygen atoms in total. The van der Waals surface area contributed by atoms with Crippen LogP contribution in [0.15, 0.2) is 54.9 Å². The zero-order valence-corrected chi connectivity index (χ0v) is 19.9. The number of likely N-dealkylation sites (tertiary alicyclic amines) is 1. The summed E-state index contributed by atoms with van der Waals surface area (Å²) >= 11 is 0. The van der Waals surface area contributed by atoms with Crippen LogP contribution in [0.25, 0.3) is 0 Å². The third kappa shape index (κ3) is 4.63. The van der Waals surface area contributed by atoms with Crippen molar-refractivity contribution in [2.75, 3.05) is 31.1 Å². The summed E-state index contributed by atoms with van der Waals surface area (Å²) in [5.74, 6) is -3.77. The Morgan fingerprint density at radius 3 is 2.32 bits per heavy atom. The molecule has 1 atom stereocenters. The van der Waals surface area contributed by atoms with Crippen LogP contribution in [0.5, 0.6) is 0 Å². The summed E-state index contributed by atoms with van der Waals surface area (Å²) in [6, 6.07) is 8.47. The lowest BCUT2D eigenvalue weighted by Gasteiger charge is -2.61. The lowest BCUT2D eigenvalue weighted by atomic mass is 9.72. The third-order valence-corrected chi connectivity index (χ3v) is 6.96. The molecule has 194 valence electrons. The summed E-state index contributed by atoms with van der Waals surface area (Å²) in [4.78, 5) is 24.1. The van der Waals surface area contributed by atoms with Gasteiger partial charge in [-0.05, 0) is 41.5 Å². The summed E-state index contributed by atoms with van der Waals surface area (Å²) in [5, 5.41) is 2.22.